The zero-order valence-corrected chi connectivity index (χ0v) is 11.1. The Morgan fingerprint density at radius 3 is 2.84 bits per heavy atom. The molecule has 0 aliphatic carbocycles. The molecule has 0 radical (unpaired) electrons. The maximum atomic E-state index is 13.4. The molecule has 0 saturated carbocycles. The summed E-state index contributed by atoms with van der Waals surface area (Å²) in [6.07, 6.45) is 0. The largest absolute Gasteiger partial charge is 0.484 e. The first kappa shape index (κ1) is 15.4. The number of carbonyl (C=O) groups is 1. The van der Waals surface area contributed by atoms with Crippen LogP contribution in [-0.2, 0) is 16.1 Å². The van der Waals surface area contributed by atoms with E-state index in [1.807, 2.05) is 6.92 Å². The van der Waals surface area contributed by atoms with Gasteiger partial charge in [-0.15, -0.1) is 0 Å². The number of benzene rings is 1. The van der Waals surface area contributed by atoms with Crippen molar-refractivity contribution in [3.8, 4) is 5.75 Å². The molecule has 0 saturated heterocycles. The number of amides is 1. The minimum atomic E-state index is -0.437. The first-order valence-electron chi connectivity index (χ1n) is 5.96. The van der Waals surface area contributed by atoms with Gasteiger partial charge in [0.1, 0.15) is 11.6 Å². The van der Waals surface area contributed by atoms with Crippen LogP contribution in [0.3, 0.4) is 0 Å². The zero-order valence-electron chi connectivity index (χ0n) is 11.1. The third-order valence-electron chi connectivity index (χ3n) is 2.44. The van der Waals surface area contributed by atoms with Crippen LogP contribution < -0.4 is 15.8 Å². The van der Waals surface area contributed by atoms with Crippen molar-refractivity contribution in [2.75, 3.05) is 20.3 Å². The quantitative estimate of drug-likeness (QED) is 0.769. The van der Waals surface area contributed by atoms with Gasteiger partial charge in [0.05, 0.1) is 6.61 Å². The Hall–Kier alpha value is -1.66. The SMILES string of the molecule is COCC(C)NC(=O)COc1ccc(CN)c(F)c1. The molecule has 5 nitrogen and oxygen atoms in total. The fourth-order valence-corrected chi connectivity index (χ4v) is 1.54. The van der Waals surface area contributed by atoms with Crippen molar-refractivity contribution >= 4 is 5.91 Å². The summed E-state index contributed by atoms with van der Waals surface area (Å²) in [5.41, 5.74) is 5.76. The second-order valence-electron chi connectivity index (χ2n) is 4.17. The number of nitrogens with two attached hydrogens (primary N) is 1. The molecule has 1 unspecified atom stereocenters. The van der Waals surface area contributed by atoms with Gasteiger partial charge >= 0.3 is 0 Å². The van der Waals surface area contributed by atoms with Gasteiger partial charge in [0.2, 0.25) is 0 Å². The van der Waals surface area contributed by atoms with Gasteiger partial charge in [-0.1, -0.05) is 6.07 Å². The molecular formula is C13H19FN2O3. The zero-order chi connectivity index (χ0) is 14.3. The predicted octanol–water partition coefficient (Wildman–Crippen LogP) is 0.814. The molecule has 1 amide bonds. The van der Waals surface area contributed by atoms with Crippen LogP contribution in [0.25, 0.3) is 0 Å². The number of nitrogens with one attached hydrogen (secondary N) is 1. The molecule has 0 aromatic heterocycles. The third-order valence-corrected chi connectivity index (χ3v) is 2.44. The van der Waals surface area contributed by atoms with Crippen LogP contribution in [0, 0.1) is 5.82 Å². The number of ether oxygens (including phenoxy) is 2. The highest BCUT2D eigenvalue weighted by molar-refractivity contribution is 5.77. The molecule has 6 heteroatoms. The van der Waals surface area contributed by atoms with Crippen LogP contribution in [0.1, 0.15) is 12.5 Å². The number of halogens is 1. The van der Waals surface area contributed by atoms with Crippen molar-refractivity contribution in [1.82, 2.24) is 5.32 Å². The average molecular weight is 270 g/mol. The Morgan fingerprint density at radius 2 is 2.26 bits per heavy atom. The Bertz CT molecular complexity index is 426. The summed E-state index contributed by atoms with van der Waals surface area (Å²) in [5.74, 6) is -0.426. The monoisotopic (exact) mass is 270 g/mol. The maximum Gasteiger partial charge on any atom is 0.258 e. The molecular weight excluding hydrogens is 251 g/mol. The second kappa shape index (κ2) is 7.70. The molecule has 106 valence electrons. The fourth-order valence-electron chi connectivity index (χ4n) is 1.54. The standard InChI is InChI=1S/C13H19FN2O3/c1-9(7-18-2)16-13(17)8-19-11-4-3-10(6-15)12(14)5-11/h3-5,9H,6-8,15H2,1-2H3,(H,16,17). The molecule has 0 spiro atoms. The molecule has 19 heavy (non-hydrogen) atoms. The van der Waals surface area contributed by atoms with Crippen molar-refractivity contribution < 1.29 is 18.7 Å². The molecule has 0 aliphatic heterocycles. The Kier molecular flexibility index (Phi) is 6.24. The topological polar surface area (TPSA) is 73.6 Å². The lowest BCUT2D eigenvalue weighted by molar-refractivity contribution is -0.124. The van der Waals surface area contributed by atoms with E-state index in [1.54, 1.807) is 13.2 Å². The Morgan fingerprint density at radius 1 is 1.53 bits per heavy atom. The van der Waals surface area contributed by atoms with Crippen LogP contribution in [0.15, 0.2) is 18.2 Å². The van der Waals surface area contributed by atoms with Crippen LogP contribution in [0.2, 0.25) is 0 Å². The van der Waals surface area contributed by atoms with Gasteiger partial charge in [-0.3, -0.25) is 4.79 Å². The van der Waals surface area contributed by atoms with E-state index in [0.717, 1.165) is 0 Å². The lowest BCUT2D eigenvalue weighted by atomic mass is 10.2. The molecule has 1 rings (SSSR count). The highest BCUT2D eigenvalue weighted by atomic mass is 19.1. The minimum absolute atomic E-state index is 0.0996. The van der Waals surface area contributed by atoms with Gasteiger partial charge in [0.15, 0.2) is 6.61 Å². The average Bonchev–Trinajstić information content (AvgIpc) is 2.36. The van der Waals surface area contributed by atoms with Crippen molar-refractivity contribution in [3.05, 3.63) is 29.6 Å². The van der Waals surface area contributed by atoms with E-state index >= 15 is 0 Å². The molecule has 1 aromatic carbocycles. The number of rotatable bonds is 7. The van der Waals surface area contributed by atoms with Gasteiger partial charge in [-0.05, 0) is 13.0 Å². The first-order valence-corrected chi connectivity index (χ1v) is 5.96. The van der Waals surface area contributed by atoms with E-state index in [0.29, 0.717) is 17.9 Å². The van der Waals surface area contributed by atoms with Crippen LogP contribution >= 0.6 is 0 Å². The van der Waals surface area contributed by atoms with Crippen molar-refractivity contribution in [2.24, 2.45) is 5.73 Å². The summed E-state index contributed by atoms with van der Waals surface area (Å²) in [6.45, 7) is 2.19. The predicted molar refractivity (Wildman–Crippen MR) is 69.3 cm³/mol. The molecule has 1 aromatic rings. The molecule has 0 bridgehead atoms. The highest BCUT2D eigenvalue weighted by Crippen LogP contribution is 2.16. The fraction of sp³-hybridized carbons (Fsp3) is 0.462. The summed E-state index contributed by atoms with van der Waals surface area (Å²) >= 11 is 0. The van der Waals surface area contributed by atoms with Gasteiger partial charge < -0.3 is 20.5 Å². The molecule has 0 aliphatic rings. The Labute approximate surface area is 111 Å². The van der Waals surface area contributed by atoms with E-state index < -0.39 is 5.82 Å². The van der Waals surface area contributed by atoms with Crippen molar-refractivity contribution in [3.63, 3.8) is 0 Å². The normalized spacial score (nSPS) is 12.0. The lowest BCUT2D eigenvalue weighted by Crippen LogP contribution is -2.38. The van der Waals surface area contributed by atoms with E-state index in [4.69, 9.17) is 15.2 Å². The first-order chi connectivity index (χ1) is 9.06. The third kappa shape index (κ3) is 5.23. The van der Waals surface area contributed by atoms with Crippen LogP contribution in [0.5, 0.6) is 5.75 Å². The van der Waals surface area contributed by atoms with Gasteiger partial charge in [0, 0.05) is 31.3 Å². The molecule has 3 N–H and O–H groups in total. The summed E-state index contributed by atoms with van der Waals surface area (Å²) in [7, 11) is 1.56. The van der Waals surface area contributed by atoms with Crippen molar-refractivity contribution in [1.29, 1.82) is 0 Å². The summed E-state index contributed by atoms with van der Waals surface area (Å²) < 4.78 is 23.5. The molecule has 1 atom stereocenters. The summed E-state index contributed by atoms with van der Waals surface area (Å²) in [6, 6.07) is 4.24. The van der Waals surface area contributed by atoms with E-state index in [9.17, 15) is 9.18 Å². The van der Waals surface area contributed by atoms with Gasteiger partial charge in [-0.2, -0.15) is 0 Å². The van der Waals surface area contributed by atoms with Crippen molar-refractivity contribution in [2.45, 2.75) is 19.5 Å². The van der Waals surface area contributed by atoms with Crippen LogP contribution in [-0.4, -0.2) is 32.3 Å². The Balaban J connectivity index is 2.44. The number of hydrogen-bond acceptors (Lipinski definition) is 4. The summed E-state index contributed by atoms with van der Waals surface area (Å²) in [5, 5.41) is 2.69. The van der Waals surface area contributed by atoms with E-state index in [2.05, 4.69) is 5.32 Å². The second-order valence-corrected chi connectivity index (χ2v) is 4.17. The molecule has 0 heterocycles. The smallest absolute Gasteiger partial charge is 0.258 e. The minimum Gasteiger partial charge on any atom is -0.484 e. The molecule has 0 fully saturated rings. The number of methoxy groups -OCH3 is 1. The maximum absolute atomic E-state index is 13.4. The van der Waals surface area contributed by atoms with E-state index in [1.165, 1.54) is 12.1 Å². The highest BCUT2D eigenvalue weighted by Gasteiger charge is 2.08. The van der Waals surface area contributed by atoms with Crippen LogP contribution in [0.4, 0.5) is 4.39 Å². The van der Waals surface area contributed by atoms with E-state index in [-0.39, 0.29) is 25.1 Å². The van der Waals surface area contributed by atoms with Gasteiger partial charge in [-0.25, -0.2) is 4.39 Å². The number of carbonyl (C=O) groups excluding carboxylic acids is 1. The van der Waals surface area contributed by atoms with Gasteiger partial charge in [0.25, 0.3) is 5.91 Å². The number of hydrogen-bond donors (Lipinski definition) is 2. The lowest BCUT2D eigenvalue weighted by Gasteiger charge is -2.13. The summed E-state index contributed by atoms with van der Waals surface area (Å²) in [4.78, 5) is 11.5.